The third-order valence-electron chi connectivity index (χ3n) is 3.24. The standard InChI is InChI=1S/C13H18BrNO/c1-16-8-7-15-10-13(5-6-13)11-3-2-4-12(14)9-11/h2-4,9,15H,5-8,10H2,1H3. The lowest BCUT2D eigenvalue weighted by atomic mass is 9.96. The average Bonchev–Trinajstić information content (AvgIpc) is 3.06. The SMILES string of the molecule is COCCNCC1(c2cccc(Br)c2)CC1. The molecule has 1 aliphatic rings. The predicted molar refractivity (Wildman–Crippen MR) is 69.8 cm³/mol. The summed E-state index contributed by atoms with van der Waals surface area (Å²) in [6.45, 7) is 2.79. The van der Waals surface area contributed by atoms with E-state index in [4.69, 9.17) is 4.74 Å². The molecule has 2 nitrogen and oxygen atoms in total. The van der Waals surface area contributed by atoms with Gasteiger partial charge in [0.1, 0.15) is 0 Å². The molecule has 0 radical (unpaired) electrons. The van der Waals surface area contributed by atoms with Gasteiger partial charge in [-0.1, -0.05) is 28.1 Å². The van der Waals surface area contributed by atoms with E-state index in [0.29, 0.717) is 5.41 Å². The van der Waals surface area contributed by atoms with E-state index in [2.05, 4.69) is 45.5 Å². The van der Waals surface area contributed by atoms with Crippen molar-refractivity contribution in [1.29, 1.82) is 0 Å². The van der Waals surface area contributed by atoms with Gasteiger partial charge in [0, 0.05) is 30.1 Å². The monoisotopic (exact) mass is 283 g/mol. The Morgan fingerprint density at radius 2 is 2.25 bits per heavy atom. The molecular weight excluding hydrogens is 266 g/mol. The van der Waals surface area contributed by atoms with Crippen molar-refractivity contribution in [2.45, 2.75) is 18.3 Å². The highest BCUT2D eigenvalue weighted by molar-refractivity contribution is 9.10. The number of benzene rings is 1. The largest absolute Gasteiger partial charge is 0.383 e. The lowest BCUT2D eigenvalue weighted by molar-refractivity contribution is 0.198. The normalized spacial score (nSPS) is 17.4. The highest BCUT2D eigenvalue weighted by atomic mass is 79.9. The van der Waals surface area contributed by atoms with Crippen LogP contribution in [0.3, 0.4) is 0 Å². The Morgan fingerprint density at radius 3 is 2.88 bits per heavy atom. The second kappa shape index (κ2) is 5.30. The first-order chi connectivity index (χ1) is 7.77. The maximum absolute atomic E-state index is 5.03. The summed E-state index contributed by atoms with van der Waals surface area (Å²) < 4.78 is 6.21. The summed E-state index contributed by atoms with van der Waals surface area (Å²) in [5.74, 6) is 0. The zero-order valence-corrected chi connectivity index (χ0v) is 11.2. The van der Waals surface area contributed by atoms with Gasteiger partial charge in [-0.25, -0.2) is 0 Å². The fourth-order valence-corrected chi connectivity index (χ4v) is 2.44. The van der Waals surface area contributed by atoms with E-state index in [9.17, 15) is 0 Å². The third-order valence-corrected chi connectivity index (χ3v) is 3.73. The van der Waals surface area contributed by atoms with Gasteiger partial charge in [0.2, 0.25) is 0 Å². The van der Waals surface area contributed by atoms with Crippen LogP contribution in [0.4, 0.5) is 0 Å². The molecule has 2 rings (SSSR count). The van der Waals surface area contributed by atoms with E-state index in [1.165, 1.54) is 22.9 Å². The molecule has 0 saturated heterocycles. The molecular formula is C13H18BrNO. The van der Waals surface area contributed by atoms with Crippen LogP contribution < -0.4 is 5.32 Å². The van der Waals surface area contributed by atoms with E-state index in [1.54, 1.807) is 7.11 Å². The van der Waals surface area contributed by atoms with Gasteiger partial charge in [-0.3, -0.25) is 0 Å². The number of nitrogens with one attached hydrogen (secondary N) is 1. The van der Waals surface area contributed by atoms with Crippen LogP contribution in [0.1, 0.15) is 18.4 Å². The predicted octanol–water partition coefficient (Wildman–Crippen LogP) is 2.72. The summed E-state index contributed by atoms with van der Waals surface area (Å²) in [6, 6.07) is 8.67. The van der Waals surface area contributed by atoms with Crippen molar-refractivity contribution in [2.75, 3.05) is 26.8 Å². The van der Waals surface area contributed by atoms with Crippen molar-refractivity contribution in [2.24, 2.45) is 0 Å². The molecule has 1 aromatic rings. The summed E-state index contributed by atoms with van der Waals surface area (Å²) in [4.78, 5) is 0. The van der Waals surface area contributed by atoms with Crippen LogP contribution in [0.15, 0.2) is 28.7 Å². The topological polar surface area (TPSA) is 21.3 Å². The fraction of sp³-hybridized carbons (Fsp3) is 0.538. The maximum atomic E-state index is 5.03. The molecule has 0 bridgehead atoms. The molecule has 1 fully saturated rings. The smallest absolute Gasteiger partial charge is 0.0587 e. The van der Waals surface area contributed by atoms with Gasteiger partial charge in [0.15, 0.2) is 0 Å². The van der Waals surface area contributed by atoms with Gasteiger partial charge in [0.05, 0.1) is 6.61 Å². The fourth-order valence-electron chi connectivity index (χ4n) is 2.04. The molecule has 0 aliphatic heterocycles. The van der Waals surface area contributed by atoms with Crippen molar-refractivity contribution in [3.8, 4) is 0 Å². The van der Waals surface area contributed by atoms with Crippen LogP contribution in [0.2, 0.25) is 0 Å². The summed E-state index contributed by atoms with van der Waals surface area (Å²) in [7, 11) is 1.74. The van der Waals surface area contributed by atoms with Gasteiger partial charge in [-0.05, 0) is 30.5 Å². The number of ether oxygens (including phenoxy) is 1. The van der Waals surface area contributed by atoms with Crippen LogP contribution in [0.5, 0.6) is 0 Å². The molecule has 0 aromatic heterocycles. The van der Waals surface area contributed by atoms with Crippen molar-refractivity contribution in [1.82, 2.24) is 5.32 Å². The Bertz CT molecular complexity index is 350. The van der Waals surface area contributed by atoms with E-state index in [1.807, 2.05) is 0 Å². The summed E-state index contributed by atoms with van der Waals surface area (Å²) in [5.41, 5.74) is 1.84. The molecule has 1 N–H and O–H groups in total. The number of halogens is 1. The van der Waals surface area contributed by atoms with Crippen molar-refractivity contribution in [3.05, 3.63) is 34.3 Å². The number of hydrogen-bond acceptors (Lipinski definition) is 2. The van der Waals surface area contributed by atoms with E-state index in [0.717, 1.165) is 19.7 Å². The van der Waals surface area contributed by atoms with Crippen molar-refractivity contribution in [3.63, 3.8) is 0 Å². The Hall–Kier alpha value is -0.380. The maximum Gasteiger partial charge on any atom is 0.0587 e. The highest BCUT2D eigenvalue weighted by Gasteiger charge is 2.43. The van der Waals surface area contributed by atoms with Gasteiger partial charge < -0.3 is 10.1 Å². The Morgan fingerprint density at radius 1 is 1.44 bits per heavy atom. The summed E-state index contributed by atoms with van der Waals surface area (Å²) >= 11 is 3.54. The van der Waals surface area contributed by atoms with Crippen LogP contribution >= 0.6 is 15.9 Å². The zero-order valence-electron chi connectivity index (χ0n) is 9.63. The number of methoxy groups -OCH3 is 1. The minimum Gasteiger partial charge on any atom is -0.383 e. The first-order valence-electron chi connectivity index (χ1n) is 5.73. The summed E-state index contributed by atoms with van der Waals surface area (Å²) in [5, 5.41) is 3.47. The van der Waals surface area contributed by atoms with Gasteiger partial charge in [-0.2, -0.15) is 0 Å². The van der Waals surface area contributed by atoms with E-state index in [-0.39, 0.29) is 0 Å². The molecule has 0 spiro atoms. The summed E-state index contributed by atoms with van der Waals surface area (Å²) in [6.07, 6.45) is 2.59. The van der Waals surface area contributed by atoms with Crippen LogP contribution in [-0.4, -0.2) is 26.8 Å². The third kappa shape index (κ3) is 2.84. The molecule has 0 atom stereocenters. The van der Waals surface area contributed by atoms with Gasteiger partial charge in [0.25, 0.3) is 0 Å². The molecule has 0 heterocycles. The van der Waals surface area contributed by atoms with Crippen molar-refractivity contribution < 1.29 is 4.74 Å². The van der Waals surface area contributed by atoms with Crippen LogP contribution in [-0.2, 0) is 10.2 Å². The lowest BCUT2D eigenvalue weighted by Crippen LogP contribution is -2.29. The molecule has 0 amide bonds. The van der Waals surface area contributed by atoms with Crippen LogP contribution in [0, 0.1) is 0 Å². The minimum absolute atomic E-state index is 0.386. The quantitative estimate of drug-likeness (QED) is 0.811. The van der Waals surface area contributed by atoms with Gasteiger partial charge >= 0.3 is 0 Å². The zero-order chi connectivity index (χ0) is 11.4. The first-order valence-corrected chi connectivity index (χ1v) is 6.52. The lowest BCUT2D eigenvalue weighted by Gasteiger charge is -2.16. The molecule has 1 aromatic carbocycles. The Kier molecular flexibility index (Phi) is 4.00. The Balaban J connectivity index is 1.92. The molecule has 0 unspecified atom stereocenters. The molecule has 1 aliphatic carbocycles. The van der Waals surface area contributed by atoms with Crippen LogP contribution in [0.25, 0.3) is 0 Å². The van der Waals surface area contributed by atoms with E-state index < -0.39 is 0 Å². The second-order valence-corrected chi connectivity index (χ2v) is 5.38. The van der Waals surface area contributed by atoms with Gasteiger partial charge in [-0.15, -0.1) is 0 Å². The minimum atomic E-state index is 0.386. The Labute approximate surface area is 106 Å². The molecule has 16 heavy (non-hydrogen) atoms. The average molecular weight is 284 g/mol. The molecule has 88 valence electrons. The van der Waals surface area contributed by atoms with Crippen molar-refractivity contribution >= 4 is 15.9 Å². The molecule has 3 heteroatoms. The second-order valence-electron chi connectivity index (χ2n) is 4.46. The highest BCUT2D eigenvalue weighted by Crippen LogP contribution is 2.48. The number of hydrogen-bond donors (Lipinski definition) is 1. The first kappa shape index (κ1) is 12.1. The number of rotatable bonds is 6. The van der Waals surface area contributed by atoms with E-state index >= 15 is 0 Å². The molecule has 1 saturated carbocycles.